The van der Waals surface area contributed by atoms with Gasteiger partial charge in [-0.2, -0.15) is 0 Å². The zero-order valence-electron chi connectivity index (χ0n) is 18.1. The molecule has 27 heavy (non-hydrogen) atoms. The van der Waals surface area contributed by atoms with Crippen LogP contribution in [0.1, 0.15) is 78.4 Å². The first-order chi connectivity index (χ1) is 12.3. The minimum absolute atomic E-state index is 0.102. The Balaban J connectivity index is 2.37. The smallest absolute Gasteiger partial charge is 0.241 e. The standard InChI is InChI=1S/C21H36N2O3S/c1-9-26-18-10-15(4)19(11-17(18)14(2)3)27(24,25)22-16-12-20(5,6)23-21(7,8)13-16/h10-11,14,16,22-23H,9,12-13H2,1-8H3. The van der Waals surface area contributed by atoms with Gasteiger partial charge in [0.15, 0.2) is 0 Å². The Bertz CT molecular complexity index is 767. The summed E-state index contributed by atoms with van der Waals surface area (Å²) in [5, 5.41) is 3.59. The molecule has 1 heterocycles. The average molecular weight is 397 g/mol. The van der Waals surface area contributed by atoms with Gasteiger partial charge in [0.2, 0.25) is 10.0 Å². The molecule has 1 aliphatic rings. The highest BCUT2D eigenvalue weighted by Gasteiger charge is 2.39. The zero-order chi connectivity index (χ0) is 20.6. The maximum absolute atomic E-state index is 13.2. The monoisotopic (exact) mass is 396 g/mol. The third-order valence-corrected chi connectivity index (χ3v) is 6.69. The van der Waals surface area contributed by atoms with Gasteiger partial charge in [-0.3, -0.25) is 0 Å². The highest BCUT2D eigenvalue weighted by Crippen LogP contribution is 2.33. The van der Waals surface area contributed by atoms with Crippen molar-refractivity contribution in [2.24, 2.45) is 0 Å². The highest BCUT2D eigenvalue weighted by molar-refractivity contribution is 7.89. The van der Waals surface area contributed by atoms with Gasteiger partial charge in [-0.05, 0) is 83.6 Å². The van der Waals surface area contributed by atoms with Crippen LogP contribution in [-0.2, 0) is 10.0 Å². The van der Waals surface area contributed by atoms with Crippen LogP contribution in [0, 0.1) is 6.92 Å². The Kier molecular flexibility index (Phi) is 6.34. The van der Waals surface area contributed by atoms with Gasteiger partial charge in [0, 0.05) is 17.1 Å². The molecule has 0 atom stereocenters. The third kappa shape index (κ3) is 5.46. The molecule has 0 saturated carbocycles. The molecule has 0 unspecified atom stereocenters. The minimum atomic E-state index is -3.61. The minimum Gasteiger partial charge on any atom is -0.494 e. The number of aryl methyl sites for hydroxylation is 1. The van der Waals surface area contributed by atoms with Gasteiger partial charge < -0.3 is 10.1 Å². The van der Waals surface area contributed by atoms with Crippen molar-refractivity contribution in [3.8, 4) is 5.75 Å². The number of piperidine rings is 1. The summed E-state index contributed by atoms with van der Waals surface area (Å²) < 4.78 is 35.1. The normalized spacial score (nSPS) is 20.0. The third-order valence-electron chi connectivity index (χ3n) is 5.03. The number of nitrogens with one attached hydrogen (secondary N) is 2. The van der Waals surface area contributed by atoms with E-state index in [0.717, 1.165) is 24.2 Å². The van der Waals surface area contributed by atoms with Gasteiger partial charge in [0.05, 0.1) is 11.5 Å². The molecule has 0 bridgehead atoms. The summed E-state index contributed by atoms with van der Waals surface area (Å²) in [5.41, 5.74) is 1.40. The Labute approximate surface area is 165 Å². The first-order valence-corrected chi connectivity index (χ1v) is 11.3. The molecule has 6 heteroatoms. The van der Waals surface area contributed by atoms with E-state index in [2.05, 4.69) is 51.6 Å². The molecule has 2 N–H and O–H groups in total. The number of sulfonamides is 1. The van der Waals surface area contributed by atoms with Crippen LogP contribution in [0.5, 0.6) is 5.75 Å². The summed E-state index contributed by atoms with van der Waals surface area (Å²) >= 11 is 0. The maximum Gasteiger partial charge on any atom is 0.241 e. The second kappa shape index (κ2) is 7.72. The molecule has 1 saturated heterocycles. The number of benzene rings is 1. The quantitative estimate of drug-likeness (QED) is 0.759. The van der Waals surface area contributed by atoms with Crippen molar-refractivity contribution in [1.29, 1.82) is 0 Å². The molecule has 154 valence electrons. The van der Waals surface area contributed by atoms with Crippen LogP contribution in [0.25, 0.3) is 0 Å². The van der Waals surface area contributed by atoms with Gasteiger partial charge in [-0.25, -0.2) is 13.1 Å². The number of ether oxygens (including phenoxy) is 1. The van der Waals surface area contributed by atoms with E-state index >= 15 is 0 Å². The van der Waals surface area contributed by atoms with E-state index in [1.54, 1.807) is 6.07 Å². The first-order valence-electron chi connectivity index (χ1n) is 9.85. The summed E-state index contributed by atoms with van der Waals surface area (Å²) in [4.78, 5) is 0.351. The molecule has 0 aromatic heterocycles. The number of hydrogen-bond acceptors (Lipinski definition) is 4. The molecule has 2 rings (SSSR count). The van der Waals surface area contributed by atoms with E-state index in [9.17, 15) is 8.42 Å². The fraction of sp³-hybridized carbons (Fsp3) is 0.714. The van der Waals surface area contributed by atoms with Gasteiger partial charge in [0.1, 0.15) is 5.75 Å². The Morgan fingerprint density at radius 2 is 1.74 bits per heavy atom. The summed E-state index contributed by atoms with van der Waals surface area (Å²) in [6.45, 7) is 16.9. The van der Waals surface area contributed by atoms with E-state index in [1.165, 1.54) is 0 Å². The highest BCUT2D eigenvalue weighted by atomic mass is 32.2. The summed E-state index contributed by atoms with van der Waals surface area (Å²) in [7, 11) is -3.61. The lowest BCUT2D eigenvalue weighted by Gasteiger charge is -2.46. The van der Waals surface area contributed by atoms with Gasteiger partial charge in [-0.15, -0.1) is 0 Å². The zero-order valence-corrected chi connectivity index (χ0v) is 18.9. The Morgan fingerprint density at radius 1 is 1.19 bits per heavy atom. The lowest BCUT2D eigenvalue weighted by molar-refractivity contribution is 0.157. The molecule has 0 aliphatic carbocycles. The molecule has 0 amide bonds. The topological polar surface area (TPSA) is 67.4 Å². The lowest BCUT2D eigenvalue weighted by atomic mass is 9.80. The van der Waals surface area contributed by atoms with Crippen molar-refractivity contribution < 1.29 is 13.2 Å². The summed E-state index contributed by atoms with van der Waals surface area (Å²) in [6, 6.07) is 3.53. The van der Waals surface area contributed by atoms with E-state index in [0.29, 0.717) is 17.1 Å². The van der Waals surface area contributed by atoms with Gasteiger partial charge in [0.25, 0.3) is 0 Å². The van der Waals surface area contributed by atoms with E-state index in [4.69, 9.17) is 4.74 Å². The Hall–Kier alpha value is -1.11. The van der Waals surface area contributed by atoms with Crippen LogP contribution in [0.4, 0.5) is 0 Å². The summed E-state index contributed by atoms with van der Waals surface area (Å²) in [6.07, 6.45) is 1.51. The van der Waals surface area contributed by atoms with E-state index < -0.39 is 10.0 Å². The molecule has 5 nitrogen and oxygen atoms in total. The molecule has 1 fully saturated rings. The lowest BCUT2D eigenvalue weighted by Crippen LogP contribution is -2.62. The van der Waals surface area contributed by atoms with Gasteiger partial charge in [-0.1, -0.05) is 13.8 Å². The molecule has 1 aromatic rings. The van der Waals surface area contributed by atoms with Crippen molar-refractivity contribution in [2.45, 2.75) is 96.2 Å². The van der Waals surface area contributed by atoms with E-state index in [1.807, 2.05) is 19.9 Å². The van der Waals surface area contributed by atoms with Crippen LogP contribution >= 0.6 is 0 Å². The number of hydrogen-bond donors (Lipinski definition) is 2. The average Bonchev–Trinajstić information content (AvgIpc) is 2.42. The molecule has 0 spiro atoms. The fourth-order valence-corrected chi connectivity index (χ4v) is 5.88. The molecule has 1 aromatic carbocycles. The van der Waals surface area contributed by atoms with Crippen LogP contribution < -0.4 is 14.8 Å². The van der Waals surface area contributed by atoms with Crippen LogP contribution in [0.2, 0.25) is 0 Å². The predicted octanol–water partition coefficient (Wildman–Crippen LogP) is 4.10. The van der Waals surface area contributed by atoms with Crippen LogP contribution in [0.3, 0.4) is 0 Å². The molecular formula is C21H36N2O3S. The Morgan fingerprint density at radius 3 is 2.22 bits per heavy atom. The van der Waals surface area contributed by atoms with Crippen molar-refractivity contribution in [1.82, 2.24) is 10.0 Å². The SMILES string of the molecule is CCOc1cc(C)c(S(=O)(=O)NC2CC(C)(C)NC(C)(C)C2)cc1C(C)C. The molecular weight excluding hydrogens is 360 g/mol. The largest absolute Gasteiger partial charge is 0.494 e. The molecule has 0 radical (unpaired) electrons. The number of rotatable bonds is 6. The van der Waals surface area contributed by atoms with E-state index in [-0.39, 0.29) is 23.0 Å². The van der Waals surface area contributed by atoms with Crippen molar-refractivity contribution in [3.05, 3.63) is 23.3 Å². The molecule has 1 aliphatic heterocycles. The second-order valence-corrected chi connectivity index (χ2v) is 11.0. The van der Waals surface area contributed by atoms with Crippen molar-refractivity contribution in [3.63, 3.8) is 0 Å². The first kappa shape index (κ1) is 22.2. The maximum atomic E-state index is 13.2. The van der Waals surface area contributed by atoms with Crippen molar-refractivity contribution >= 4 is 10.0 Å². The summed E-state index contributed by atoms with van der Waals surface area (Å²) in [5.74, 6) is 0.950. The fourth-order valence-electron chi connectivity index (χ4n) is 4.39. The van der Waals surface area contributed by atoms with Crippen LogP contribution in [0.15, 0.2) is 17.0 Å². The predicted molar refractivity (Wildman–Crippen MR) is 111 cm³/mol. The van der Waals surface area contributed by atoms with Crippen LogP contribution in [-0.4, -0.2) is 32.1 Å². The second-order valence-electron chi connectivity index (χ2n) is 9.36. The van der Waals surface area contributed by atoms with Crippen molar-refractivity contribution in [2.75, 3.05) is 6.61 Å². The van der Waals surface area contributed by atoms with Gasteiger partial charge >= 0.3 is 0 Å².